The molecule has 1 unspecified atom stereocenters. The van der Waals surface area contributed by atoms with Crippen LogP contribution in [0, 0.1) is 0 Å². The number of aromatic nitrogens is 3. The molecule has 1 aromatic carbocycles. The lowest BCUT2D eigenvalue weighted by Gasteiger charge is -2.29. The summed E-state index contributed by atoms with van der Waals surface area (Å²) in [6.07, 6.45) is 3.74. The topological polar surface area (TPSA) is 70.4 Å². The summed E-state index contributed by atoms with van der Waals surface area (Å²) in [7, 11) is 0. The minimum Gasteiger partial charge on any atom is -0.356 e. The zero-order chi connectivity index (χ0) is 20.9. The van der Waals surface area contributed by atoms with Crippen molar-refractivity contribution in [3.63, 3.8) is 0 Å². The Labute approximate surface area is 175 Å². The van der Waals surface area contributed by atoms with Crippen LogP contribution < -0.4 is 10.6 Å². The van der Waals surface area contributed by atoms with E-state index < -0.39 is 0 Å². The Morgan fingerprint density at radius 2 is 1.79 bits per heavy atom. The third-order valence-electron chi connectivity index (χ3n) is 5.06. The Hall–Kier alpha value is -2.41. The third kappa shape index (κ3) is 7.16. The van der Waals surface area contributed by atoms with E-state index in [1.165, 1.54) is 5.56 Å². The summed E-state index contributed by atoms with van der Waals surface area (Å²) in [5.74, 6) is 1.88. The molecule has 0 saturated carbocycles. The minimum atomic E-state index is 0.274. The van der Waals surface area contributed by atoms with Crippen LogP contribution in [0.1, 0.15) is 51.5 Å². The largest absolute Gasteiger partial charge is 0.356 e. The normalized spacial score (nSPS) is 12.9. The Balaban J connectivity index is 2.05. The van der Waals surface area contributed by atoms with Gasteiger partial charge in [-0.2, -0.15) is 0 Å². The number of hydrogen-bond acceptors (Lipinski definition) is 4. The maximum atomic E-state index is 4.93. The standard InChI is InChI=1S/C22H37N7/c1-5-14-23-22(24-15-16-29-18-26-27-21(29)6-2)25-17-20(28(7-3)8-4)19-12-10-9-11-13-19/h9-13,18,20H,5-8,14-17H2,1-4H3,(H2,23,24,25). The highest BCUT2D eigenvalue weighted by molar-refractivity contribution is 5.79. The molecule has 29 heavy (non-hydrogen) atoms. The summed E-state index contributed by atoms with van der Waals surface area (Å²) in [6, 6.07) is 10.9. The molecule has 0 amide bonds. The van der Waals surface area contributed by atoms with Crippen molar-refractivity contribution < 1.29 is 0 Å². The fourth-order valence-corrected chi connectivity index (χ4v) is 3.40. The van der Waals surface area contributed by atoms with E-state index in [1.54, 1.807) is 6.33 Å². The maximum absolute atomic E-state index is 4.93. The number of likely N-dealkylation sites (N-methyl/N-ethyl adjacent to an activating group) is 1. The van der Waals surface area contributed by atoms with Crippen molar-refractivity contribution >= 4 is 5.96 Å². The summed E-state index contributed by atoms with van der Waals surface area (Å²) < 4.78 is 2.09. The van der Waals surface area contributed by atoms with E-state index in [1.807, 2.05) is 0 Å². The van der Waals surface area contributed by atoms with Crippen LogP contribution in [-0.2, 0) is 13.0 Å². The van der Waals surface area contributed by atoms with Gasteiger partial charge < -0.3 is 15.2 Å². The molecule has 0 aliphatic heterocycles. The van der Waals surface area contributed by atoms with Crippen LogP contribution in [-0.4, -0.2) is 58.3 Å². The van der Waals surface area contributed by atoms with Gasteiger partial charge >= 0.3 is 0 Å². The van der Waals surface area contributed by atoms with Crippen LogP contribution >= 0.6 is 0 Å². The fourth-order valence-electron chi connectivity index (χ4n) is 3.40. The van der Waals surface area contributed by atoms with Crippen molar-refractivity contribution in [2.75, 3.05) is 32.7 Å². The van der Waals surface area contributed by atoms with Gasteiger partial charge in [0.15, 0.2) is 5.96 Å². The van der Waals surface area contributed by atoms with Crippen molar-refractivity contribution in [3.8, 4) is 0 Å². The maximum Gasteiger partial charge on any atom is 0.191 e. The number of benzene rings is 1. The first kappa shape index (κ1) is 22.9. The molecule has 0 aliphatic carbocycles. The van der Waals surface area contributed by atoms with Gasteiger partial charge in [-0.05, 0) is 25.1 Å². The summed E-state index contributed by atoms with van der Waals surface area (Å²) in [5.41, 5.74) is 1.31. The molecule has 0 saturated heterocycles. The number of nitrogens with one attached hydrogen (secondary N) is 2. The van der Waals surface area contributed by atoms with E-state index in [0.717, 1.165) is 63.9 Å². The molecule has 0 fully saturated rings. The van der Waals surface area contributed by atoms with Crippen LogP contribution in [0.3, 0.4) is 0 Å². The van der Waals surface area contributed by atoms with Gasteiger partial charge in [0.05, 0.1) is 12.6 Å². The summed E-state index contributed by atoms with van der Waals surface area (Å²) in [4.78, 5) is 7.39. The van der Waals surface area contributed by atoms with E-state index in [2.05, 4.69) is 88.3 Å². The van der Waals surface area contributed by atoms with Crippen LogP contribution in [0.15, 0.2) is 41.7 Å². The first-order chi connectivity index (χ1) is 14.2. The van der Waals surface area contributed by atoms with Gasteiger partial charge in [0, 0.05) is 26.1 Å². The summed E-state index contributed by atoms with van der Waals surface area (Å²) in [5, 5.41) is 15.1. The molecule has 0 radical (unpaired) electrons. The second-order valence-corrected chi connectivity index (χ2v) is 6.98. The number of rotatable bonds is 12. The molecule has 2 aromatic rings. The second kappa shape index (κ2) is 12.9. The molecule has 7 nitrogen and oxygen atoms in total. The Kier molecular flexibility index (Phi) is 10.2. The van der Waals surface area contributed by atoms with Crippen LogP contribution in [0.4, 0.5) is 0 Å². The highest BCUT2D eigenvalue weighted by Gasteiger charge is 2.17. The van der Waals surface area contributed by atoms with Gasteiger partial charge in [0.1, 0.15) is 12.2 Å². The van der Waals surface area contributed by atoms with Gasteiger partial charge in [-0.25, -0.2) is 0 Å². The van der Waals surface area contributed by atoms with Crippen molar-refractivity contribution in [3.05, 3.63) is 48.0 Å². The second-order valence-electron chi connectivity index (χ2n) is 6.98. The Morgan fingerprint density at radius 1 is 1.07 bits per heavy atom. The highest BCUT2D eigenvalue weighted by atomic mass is 15.3. The molecule has 160 valence electrons. The van der Waals surface area contributed by atoms with Crippen LogP contribution in [0.5, 0.6) is 0 Å². The molecule has 1 aromatic heterocycles. The molecule has 1 heterocycles. The fraction of sp³-hybridized carbons (Fsp3) is 0.591. The minimum absolute atomic E-state index is 0.274. The van der Waals surface area contributed by atoms with E-state index in [-0.39, 0.29) is 6.04 Å². The average molecular weight is 400 g/mol. The number of nitrogens with zero attached hydrogens (tertiary/aromatic N) is 5. The quantitative estimate of drug-likeness (QED) is 0.424. The van der Waals surface area contributed by atoms with Crippen molar-refractivity contribution in [2.24, 2.45) is 4.99 Å². The van der Waals surface area contributed by atoms with E-state index in [9.17, 15) is 0 Å². The molecule has 0 spiro atoms. The lowest BCUT2D eigenvalue weighted by Crippen LogP contribution is -2.40. The number of aryl methyl sites for hydroxylation is 1. The smallest absolute Gasteiger partial charge is 0.191 e. The molecule has 7 heteroatoms. The zero-order valence-corrected chi connectivity index (χ0v) is 18.4. The lowest BCUT2D eigenvalue weighted by atomic mass is 10.1. The van der Waals surface area contributed by atoms with Gasteiger partial charge in [-0.1, -0.05) is 58.0 Å². The molecular formula is C22H37N7. The molecular weight excluding hydrogens is 362 g/mol. The Morgan fingerprint density at radius 3 is 2.45 bits per heavy atom. The number of aliphatic imine (C=N–C) groups is 1. The summed E-state index contributed by atoms with van der Waals surface area (Å²) >= 11 is 0. The lowest BCUT2D eigenvalue weighted by molar-refractivity contribution is 0.224. The molecule has 0 bridgehead atoms. The third-order valence-corrected chi connectivity index (χ3v) is 5.06. The van der Waals surface area contributed by atoms with Crippen molar-refractivity contribution in [2.45, 2.75) is 53.1 Å². The zero-order valence-electron chi connectivity index (χ0n) is 18.4. The van der Waals surface area contributed by atoms with Gasteiger partial charge in [-0.15, -0.1) is 10.2 Å². The predicted molar refractivity (Wildman–Crippen MR) is 120 cm³/mol. The first-order valence-electron chi connectivity index (χ1n) is 10.9. The molecule has 2 N–H and O–H groups in total. The van der Waals surface area contributed by atoms with Crippen molar-refractivity contribution in [1.82, 2.24) is 30.3 Å². The van der Waals surface area contributed by atoms with E-state index >= 15 is 0 Å². The van der Waals surface area contributed by atoms with Gasteiger partial charge in [-0.3, -0.25) is 9.89 Å². The molecule has 1 atom stereocenters. The molecule has 0 aliphatic rings. The SMILES string of the molecule is CCCNC(=NCC(c1ccccc1)N(CC)CC)NCCn1cnnc1CC. The van der Waals surface area contributed by atoms with Crippen LogP contribution in [0.25, 0.3) is 0 Å². The Bertz CT molecular complexity index is 707. The van der Waals surface area contributed by atoms with Gasteiger partial charge in [0.2, 0.25) is 0 Å². The van der Waals surface area contributed by atoms with Crippen molar-refractivity contribution in [1.29, 1.82) is 0 Å². The first-order valence-corrected chi connectivity index (χ1v) is 10.9. The summed E-state index contributed by atoms with van der Waals surface area (Å²) in [6.45, 7) is 13.9. The number of guanidine groups is 1. The van der Waals surface area contributed by atoms with E-state index in [0.29, 0.717) is 0 Å². The molecule has 2 rings (SSSR count). The highest BCUT2D eigenvalue weighted by Crippen LogP contribution is 2.20. The average Bonchev–Trinajstić information content (AvgIpc) is 3.22. The van der Waals surface area contributed by atoms with E-state index in [4.69, 9.17) is 4.99 Å². The predicted octanol–water partition coefficient (Wildman–Crippen LogP) is 2.87. The number of hydrogen-bond donors (Lipinski definition) is 2. The van der Waals surface area contributed by atoms with Gasteiger partial charge in [0.25, 0.3) is 0 Å². The monoisotopic (exact) mass is 399 g/mol. The van der Waals surface area contributed by atoms with Crippen LogP contribution in [0.2, 0.25) is 0 Å².